The number of hydrogen-bond donors (Lipinski definition) is 2. The van der Waals surface area contributed by atoms with E-state index in [-0.39, 0.29) is 0 Å². The van der Waals surface area contributed by atoms with Crippen molar-refractivity contribution in [3.8, 4) is 0 Å². The normalized spacial score (nSPS) is 18.5. The highest BCUT2D eigenvalue weighted by Gasteiger charge is 2.22. The minimum absolute atomic E-state index is 0.462. The van der Waals surface area contributed by atoms with Gasteiger partial charge in [0.15, 0.2) is 0 Å². The van der Waals surface area contributed by atoms with Gasteiger partial charge in [-0.3, -0.25) is 0 Å². The second kappa shape index (κ2) is 5.72. The van der Waals surface area contributed by atoms with E-state index in [1.54, 1.807) is 0 Å². The van der Waals surface area contributed by atoms with Gasteiger partial charge in [0.1, 0.15) is 0 Å². The molecule has 0 radical (unpaired) electrons. The van der Waals surface area contributed by atoms with Gasteiger partial charge in [-0.25, -0.2) is 4.98 Å². The van der Waals surface area contributed by atoms with Crippen LogP contribution >= 0.6 is 0 Å². The molecule has 1 aliphatic heterocycles. The number of nitrogens with one attached hydrogen (secondary N) is 2. The zero-order valence-electron chi connectivity index (χ0n) is 12.5. The fourth-order valence-electron chi connectivity index (χ4n) is 3.15. The summed E-state index contributed by atoms with van der Waals surface area (Å²) in [6.45, 7) is 2.04. The topological polar surface area (TPSA) is 44.0 Å². The van der Waals surface area contributed by atoms with Gasteiger partial charge in [0.2, 0.25) is 5.95 Å². The van der Waals surface area contributed by atoms with Gasteiger partial charge >= 0.3 is 0 Å². The Bertz CT molecular complexity index is 717. The highest BCUT2D eigenvalue weighted by atomic mass is 15.3. The van der Waals surface area contributed by atoms with Crippen LogP contribution in [0.5, 0.6) is 0 Å². The van der Waals surface area contributed by atoms with E-state index in [4.69, 9.17) is 4.98 Å². The Morgan fingerprint density at radius 3 is 2.73 bits per heavy atom. The number of imidazole rings is 1. The molecule has 1 aromatic heterocycles. The van der Waals surface area contributed by atoms with Crippen LogP contribution in [0.4, 0.5) is 11.6 Å². The molecular weight excluding hydrogens is 272 g/mol. The highest BCUT2D eigenvalue weighted by Crippen LogP contribution is 2.22. The van der Waals surface area contributed by atoms with Crippen molar-refractivity contribution in [2.24, 2.45) is 0 Å². The molecular formula is C18H20N4. The van der Waals surface area contributed by atoms with E-state index in [1.165, 1.54) is 18.5 Å². The number of piperidine rings is 1. The number of benzene rings is 2. The number of aromatic nitrogens is 2. The number of H-pyrrole nitrogens is 1. The van der Waals surface area contributed by atoms with Crippen LogP contribution in [0.25, 0.3) is 11.0 Å². The lowest BCUT2D eigenvalue weighted by Gasteiger charge is -2.33. The van der Waals surface area contributed by atoms with E-state index in [0.29, 0.717) is 6.04 Å². The second-order valence-electron chi connectivity index (χ2n) is 5.87. The average Bonchev–Trinajstić information content (AvgIpc) is 3.00. The maximum atomic E-state index is 4.72. The Hall–Kier alpha value is -2.49. The molecule has 1 saturated heterocycles. The van der Waals surface area contributed by atoms with E-state index < -0.39 is 0 Å². The van der Waals surface area contributed by atoms with Gasteiger partial charge in [0, 0.05) is 24.8 Å². The van der Waals surface area contributed by atoms with Crippen molar-refractivity contribution in [1.82, 2.24) is 9.97 Å². The van der Waals surface area contributed by atoms with Gasteiger partial charge < -0.3 is 15.2 Å². The van der Waals surface area contributed by atoms with E-state index in [0.717, 1.165) is 30.1 Å². The van der Waals surface area contributed by atoms with Crippen LogP contribution in [-0.4, -0.2) is 29.1 Å². The lowest BCUT2D eigenvalue weighted by atomic mass is 10.1. The third-order valence-corrected chi connectivity index (χ3v) is 4.24. The molecule has 4 nitrogen and oxygen atoms in total. The van der Waals surface area contributed by atoms with E-state index in [1.807, 2.05) is 18.2 Å². The molecule has 4 rings (SSSR count). The van der Waals surface area contributed by atoms with E-state index in [2.05, 4.69) is 51.6 Å². The molecule has 0 bridgehead atoms. The van der Waals surface area contributed by atoms with Crippen LogP contribution in [0.1, 0.15) is 12.8 Å². The van der Waals surface area contributed by atoms with Crippen LogP contribution in [-0.2, 0) is 0 Å². The van der Waals surface area contributed by atoms with Gasteiger partial charge in [0.25, 0.3) is 0 Å². The molecule has 1 unspecified atom stereocenters. The number of fused-ring (bicyclic) bond motifs is 1. The van der Waals surface area contributed by atoms with Gasteiger partial charge in [-0.1, -0.05) is 30.3 Å². The Labute approximate surface area is 130 Å². The lowest BCUT2D eigenvalue weighted by Crippen LogP contribution is -2.42. The third kappa shape index (κ3) is 2.64. The first kappa shape index (κ1) is 13.2. The number of para-hydroxylation sites is 3. The van der Waals surface area contributed by atoms with Gasteiger partial charge in [-0.15, -0.1) is 0 Å². The minimum Gasteiger partial charge on any atom is -0.381 e. The number of hydrogen-bond acceptors (Lipinski definition) is 3. The summed E-state index contributed by atoms with van der Waals surface area (Å²) in [4.78, 5) is 10.5. The molecule has 2 heterocycles. The summed E-state index contributed by atoms with van der Waals surface area (Å²) in [7, 11) is 0. The molecule has 0 spiro atoms. The fourth-order valence-corrected chi connectivity index (χ4v) is 3.15. The second-order valence-corrected chi connectivity index (χ2v) is 5.87. The van der Waals surface area contributed by atoms with E-state index >= 15 is 0 Å². The van der Waals surface area contributed by atoms with Crippen LogP contribution < -0.4 is 10.2 Å². The largest absolute Gasteiger partial charge is 0.381 e. The van der Waals surface area contributed by atoms with Crippen molar-refractivity contribution in [1.29, 1.82) is 0 Å². The van der Waals surface area contributed by atoms with Gasteiger partial charge in [-0.05, 0) is 37.1 Å². The first-order chi connectivity index (χ1) is 10.9. The molecule has 0 saturated carbocycles. The molecule has 0 amide bonds. The summed E-state index contributed by atoms with van der Waals surface area (Å²) >= 11 is 0. The van der Waals surface area contributed by atoms with Gasteiger partial charge in [0.05, 0.1) is 11.0 Å². The number of rotatable bonds is 3. The number of anilines is 2. The Morgan fingerprint density at radius 1 is 1.05 bits per heavy atom. The summed E-state index contributed by atoms with van der Waals surface area (Å²) in [5.41, 5.74) is 3.34. The van der Waals surface area contributed by atoms with Crippen molar-refractivity contribution < 1.29 is 0 Å². The molecule has 22 heavy (non-hydrogen) atoms. The van der Waals surface area contributed by atoms with Crippen LogP contribution in [0.15, 0.2) is 54.6 Å². The quantitative estimate of drug-likeness (QED) is 0.774. The minimum atomic E-state index is 0.462. The molecule has 4 heteroatoms. The first-order valence-corrected chi connectivity index (χ1v) is 7.90. The first-order valence-electron chi connectivity index (χ1n) is 7.90. The van der Waals surface area contributed by atoms with Crippen LogP contribution in [0, 0.1) is 0 Å². The summed E-state index contributed by atoms with van der Waals surface area (Å²) in [5, 5.41) is 3.63. The fraction of sp³-hybridized carbons (Fsp3) is 0.278. The summed E-state index contributed by atoms with van der Waals surface area (Å²) in [6, 6.07) is 19.1. The predicted octanol–water partition coefficient (Wildman–Crippen LogP) is 3.64. The standard InChI is InChI=1S/C18H20N4/c1-2-7-14(8-3-1)19-15-9-6-12-22(13-15)18-20-16-10-4-5-11-17(16)21-18/h1-5,7-8,10-11,15,19H,6,9,12-13H2,(H,20,21). The molecule has 1 aliphatic rings. The SMILES string of the molecule is c1ccc(NC2CCCN(c3nc4ccccc4[nH]3)C2)cc1. The lowest BCUT2D eigenvalue weighted by molar-refractivity contribution is 0.524. The molecule has 2 N–H and O–H groups in total. The zero-order chi connectivity index (χ0) is 14.8. The summed E-state index contributed by atoms with van der Waals surface area (Å²) in [5.74, 6) is 0.987. The average molecular weight is 292 g/mol. The maximum absolute atomic E-state index is 4.72. The zero-order valence-corrected chi connectivity index (χ0v) is 12.5. The molecule has 3 aromatic rings. The molecule has 0 aliphatic carbocycles. The van der Waals surface area contributed by atoms with Crippen molar-refractivity contribution >= 4 is 22.7 Å². The summed E-state index contributed by atoms with van der Waals surface area (Å²) < 4.78 is 0. The van der Waals surface area contributed by atoms with Crippen molar-refractivity contribution in [2.75, 3.05) is 23.3 Å². The van der Waals surface area contributed by atoms with Gasteiger partial charge in [-0.2, -0.15) is 0 Å². The monoisotopic (exact) mass is 292 g/mol. The van der Waals surface area contributed by atoms with E-state index in [9.17, 15) is 0 Å². The van der Waals surface area contributed by atoms with Crippen molar-refractivity contribution in [2.45, 2.75) is 18.9 Å². The molecule has 2 aromatic carbocycles. The molecule has 112 valence electrons. The number of nitrogens with zero attached hydrogens (tertiary/aromatic N) is 2. The Kier molecular flexibility index (Phi) is 3.43. The maximum Gasteiger partial charge on any atom is 0.203 e. The Balaban J connectivity index is 1.50. The molecule has 1 fully saturated rings. The summed E-state index contributed by atoms with van der Waals surface area (Å²) in [6.07, 6.45) is 2.38. The third-order valence-electron chi connectivity index (χ3n) is 4.24. The van der Waals surface area contributed by atoms with Crippen LogP contribution in [0.2, 0.25) is 0 Å². The van der Waals surface area contributed by atoms with Crippen molar-refractivity contribution in [3.63, 3.8) is 0 Å². The predicted molar refractivity (Wildman–Crippen MR) is 91.4 cm³/mol. The smallest absolute Gasteiger partial charge is 0.203 e. The molecule has 1 atom stereocenters. The highest BCUT2D eigenvalue weighted by molar-refractivity contribution is 5.77. The number of aromatic amines is 1. The van der Waals surface area contributed by atoms with Crippen LogP contribution in [0.3, 0.4) is 0 Å². The van der Waals surface area contributed by atoms with Crippen molar-refractivity contribution in [3.05, 3.63) is 54.6 Å². The Morgan fingerprint density at radius 2 is 1.86 bits per heavy atom.